The monoisotopic (exact) mass is 569 g/mol. The maximum Gasteiger partial charge on any atom is 0.305 e. The van der Waals surface area contributed by atoms with Crippen molar-refractivity contribution in [1.82, 2.24) is 0 Å². The molecule has 0 spiro atoms. The number of ether oxygens (including phenoxy) is 2. The van der Waals surface area contributed by atoms with E-state index in [0.29, 0.717) is 55.9 Å². The second kappa shape index (κ2) is 18.6. The molecule has 2 rings (SSSR count). The number of nitrogens with zero attached hydrogens (tertiary/aromatic N) is 1. The summed E-state index contributed by atoms with van der Waals surface area (Å²) >= 11 is 5.93. The SMILES string of the molecule is O=C(CCCC=CC[C@@H]1[C@@H](C=C[C@@H](O)COc2cccc(Cl)c2)[C@H](O)C[C@@H]1O)OCCCCCCO[N+](=O)[O-]. The van der Waals surface area contributed by atoms with Gasteiger partial charge in [0.1, 0.15) is 18.5 Å². The first-order valence-corrected chi connectivity index (χ1v) is 13.8. The molecule has 0 radical (unpaired) electrons. The third-order valence-corrected chi connectivity index (χ3v) is 6.75. The number of carbonyl (C=O) groups is 1. The number of esters is 1. The zero-order chi connectivity index (χ0) is 28.5. The molecule has 0 aliphatic heterocycles. The van der Waals surface area contributed by atoms with E-state index in [9.17, 15) is 30.2 Å². The first-order valence-electron chi connectivity index (χ1n) is 13.4. The standard InChI is InChI=1S/C28H40ClNO9/c29-21-10-9-11-23(18-21)38-20-22(31)14-15-25-24(26(32)19-27(25)33)12-5-1-2-6-13-28(34)37-16-7-3-4-8-17-39-30(35)36/h1,5,9-11,14-15,18,22,24-27,31-33H,2-4,6-8,12-13,16-17,19-20H2/t22-,24-,25-,26+,27-/m1/s1. The minimum Gasteiger partial charge on any atom is -0.491 e. The Morgan fingerprint density at radius 1 is 1.13 bits per heavy atom. The Hall–Kier alpha value is -2.66. The van der Waals surface area contributed by atoms with Gasteiger partial charge in [0.05, 0.1) is 25.4 Å². The molecule has 1 saturated carbocycles. The summed E-state index contributed by atoms with van der Waals surface area (Å²) in [7, 11) is 0. The lowest BCUT2D eigenvalue weighted by Crippen LogP contribution is -2.21. The lowest BCUT2D eigenvalue weighted by Gasteiger charge is -2.19. The fourth-order valence-electron chi connectivity index (χ4n) is 4.45. The molecule has 39 heavy (non-hydrogen) atoms. The molecule has 0 heterocycles. The molecular formula is C28H40ClNO9. The van der Waals surface area contributed by atoms with E-state index in [1.165, 1.54) is 0 Å². The van der Waals surface area contributed by atoms with Gasteiger partial charge in [0.15, 0.2) is 0 Å². The zero-order valence-corrected chi connectivity index (χ0v) is 22.9. The molecule has 1 aliphatic carbocycles. The first kappa shape index (κ1) is 32.6. The topological polar surface area (TPSA) is 149 Å². The van der Waals surface area contributed by atoms with Crippen LogP contribution in [-0.4, -0.2) is 64.5 Å². The number of unbranched alkanes of at least 4 members (excludes halogenated alkanes) is 4. The molecule has 218 valence electrons. The Balaban J connectivity index is 1.61. The summed E-state index contributed by atoms with van der Waals surface area (Å²) in [5, 5.41) is 40.9. The van der Waals surface area contributed by atoms with Crippen LogP contribution in [0.15, 0.2) is 48.6 Å². The van der Waals surface area contributed by atoms with Crippen LogP contribution in [0.25, 0.3) is 0 Å². The molecule has 0 unspecified atom stereocenters. The summed E-state index contributed by atoms with van der Waals surface area (Å²) in [5.41, 5.74) is 0. The van der Waals surface area contributed by atoms with Gasteiger partial charge in [-0.25, -0.2) is 0 Å². The fourth-order valence-corrected chi connectivity index (χ4v) is 4.63. The number of rotatable bonds is 19. The van der Waals surface area contributed by atoms with Gasteiger partial charge in [0, 0.05) is 23.8 Å². The summed E-state index contributed by atoms with van der Waals surface area (Å²) < 4.78 is 10.7. The van der Waals surface area contributed by atoms with Gasteiger partial charge in [-0.05, 0) is 62.6 Å². The van der Waals surface area contributed by atoms with Crippen molar-refractivity contribution in [2.75, 3.05) is 19.8 Å². The molecule has 0 saturated heterocycles. The Morgan fingerprint density at radius 2 is 1.90 bits per heavy atom. The van der Waals surface area contributed by atoms with Crippen LogP contribution in [0.1, 0.15) is 57.8 Å². The average Bonchev–Trinajstić information content (AvgIpc) is 3.16. The lowest BCUT2D eigenvalue weighted by molar-refractivity contribution is -0.757. The Bertz CT molecular complexity index is 926. The summed E-state index contributed by atoms with van der Waals surface area (Å²) in [5.74, 6) is -0.166. The molecule has 10 nitrogen and oxygen atoms in total. The van der Waals surface area contributed by atoms with Crippen molar-refractivity contribution in [2.45, 2.75) is 76.1 Å². The number of hydrogen-bond acceptors (Lipinski definition) is 9. The minimum atomic E-state index is -0.875. The van der Waals surface area contributed by atoms with Crippen LogP contribution in [0.5, 0.6) is 5.75 Å². The molecule has 1 fully saturated rings. The molecule has 11 heteroatoms. The van der Waals surface area contributed by atoms with Crippen LogP contribution in [0.2, 0.25) is 5.02 Å². The summed E-state index contributed by atoms with van der Waals surface area (Å²) in [6, 6.07) is 6.90. The Kier molecular flexibility index (Phi) is 15.5. The molecule has 3 N–H and O–H groups in total. The molecule has 0 amide bonds. The van der Waals surface area contributed by atoms with Gasteiger partial charge >= 0.3 is 5.97 Å². The largest absolute Gasteiger partial charge is 0.491 e. The predicted molar refractivity (Wildman–Crippen MR) is 146 cm³/mol. The van der Waals surface area contributed by atoms with E-state index in [1.807, 2.05) is 12.2 Å². The van der Waals surface area contributed by atoms with Gasteiger partial charge in [0.25, 0.3) is 5.09 Å². The summed E-state index contributed by atoms with van der Waals surface area (Å²) in [4.78, 5) is 26.1. The van der Waals surface area contributed by atoms with E-state index in [0.717, 1.165) is 12.8 Å². The van der Waals surface area contributed by atoms with E-state index in [2.05, 4.69) is 4.84 Å². The van der Waals surface area contributed by atoms with Gasteiger partial charge in [-0.3, -0.25) is 4.79 Å². The first-order chi connectivity index (χ1) is 18.8. The molecule has 0 bridgehead atoms. The van der Waals surface area contributed by atoms with Crippen molar-refractivity contribution >= 4 is 17.6 Å². The van der Waals surface area contributed by atoms with E-state index < -0.39 is 23.4 Å². The molecule has 0 aromatic heterocycles. The van der Waals surface area contributed by atoms with Gasteiger partial charge in [-0.2, -0.15) is 0 Å². The quantitative estimate of drug-likeness (QED) is 0.0723. The lowest BCUT2D eigenvalue weighted by atomic mass is 9.89. The van der Waals surface area contributed by atoms with E-state index in [-0.39, 0.29) is 37.4 Å². The second-order valence-corrected chi connectivity index (χ2v) is 10.1. The van der Waals surface area contributed by atoms with Crippen molar-refractivity contribution < 1.29 is 39.5 Å². The van der Waals surface area contributed by atoms with Crippen LogP contribution < -0.4 is 4.74 Å². The van der Waals surface area contributed by atoms with Gasteiger partial charge < -0.3 is 29.6 Å². The van der Waals surface area contributed by atoms with Crippen LogP contribution in [0, 0.1) is 22.0 Å². The number of halogens is 1. The maximum atomic E-state index is 11.8. The molecule has 1 aliphatic rings. The van der Waals surface area contributed by atoms with Crippen molar-refractivity contribution in [3.8, 4) is 5.75 Å². The number of aliphatic hydroxyl groups is 3. The minimum absolute atomic E-state index is 0.0383. The number of allylic oxidation sites excluding steroid dienone is 2. The Morgan fingerprint density at radius 3 is 2.64 bits per heavy atom. The smallest absolute Gasteiger partial charge is 0.305 e. The molecule has 5 atom stereocenters. The molecule has 1 aromatic carbocycles. The molecule has 1 aromatic rings. The van der Waals surface area contributed by atoms with Crippen molar-refractivity contribution in [2.24, 2.45) is 11.8 Å². The summed E-state index contributed by atoms with van der Waals surface area (Å²) in [6.45, 7) is 0.460. The normalized spacial score (nSPS) is 21.8. The van der Waals surface area contributed by atoms with Crippen LogP contribution in [-0.2, 0) is 14.4 Å². The van der Waals surface area contributed by atoms with E-state index >= 15 is 0 Å². The maximum absolute atomic E-state index is 11.8. The van der Waals surface area contributed by atoms with Gasteiger partial charge in [0.2, 0.25) is 0 Å². The predicted octanol–water partition coefficient (Wildman–Crippen LogP) is 4.42. The van der Waals surface area contributed by atoms with Gasteiger partial charge in [-0.1, -0.05) is 48.4 Å². The number of hydrogen-bond donors (Lipinski definition) is 3. The second-order valence-electron chi connectivity index (χ2n) is 9.62. The van der Waals surface area contributed by atoms with E-state index in [1.54, 1.807) is 36.4 Å². The van der Waals surface area contributed by atoms with Crippen molar-refractivity contribution in [3.63, 3.8) is 0 Å². The average molecular weight is 570 g/mol. The fraction of sp³-hybridized carbons (Fsp3) is 0.607. The van der Waals surface area contributed by atoms with Crippen molar-refractivity contribution in [3.05, 3.63) is 63.7 Å². The van der Waals surface area contributed by atoms with Crippen LogP contribution >= 0.6 is 11.6 Å². The highest BCUT2D eigenvalue weighted by molar-refractivity contribution is 6.30. The highest BCUT2D eigenvalue weighted by atomic mass is 35.5. The number of carbonyl (C=O) groups excluding carboxylic acids is 1. The van der Waals surface area contributed by atoms with Crippen LogP contribution in [0.3, 0.4) is 0 Å². The van der Waals surface area contributed by atoms with Crippen molar-refractivity contribution in [1.29, 1.82) is 0 Å². The number of aliphatic hydroxyl groups excluding tert-OH is 3. The summed E-state index contributed by atoms with van der Waals surface area (Å²) in [6.07, 6.45) is 10.4. The highest BCUT2D eigenvalue weighted by Crippen LogP contribution is 2.36. The van der Waals surface area contributed by atoms with Gasteiger partial charge in [-0.15, -0.1) is 10.1 Å². The molecular weight excluding hydrogens is 530 g/mol. The number of benzene rings is 1. The Labute approximate surface area is 234 Å². The van der Waals surface area contributed by atoms with Crippen LogP contribution in [0.4, 0.5) is 0 Å². The zero-order valence-electron chi connectivity index (χ0n) is 22.1. The highest BCUT2D eigenvalue weighted by Gasteiger charge is 2.39. The third kappa shape index (κ3) is 13.8. The third-order valence-electron chi connectivity index (χ3n) is 6.51. The van der Waals surface area contributed by atoms with E-state index in [4.69, 9.17) is 21.1 Å².